The topological polar surface area (TPSA) is 49.8 Å². The number of nitrogens with one attached hydrogen (secondary N) is 2. The van der Waals surface area contributed by atoms with Crippen LogP contribution in [0.5, 0.6) is 0 Å². The van der Waals surface area contributed by atoms with Crippen LogP contribution in [0.15, 0.2) is 12.4 Å². The van der Waals surface area contributed by atoms with Crippen LogP contribution in [0.3, 0.4) is 0 Å². The lowest BCUT2D eigenvalue weighted by Gasteiger charge is -2.34. The minimum absolute atomic E-state index is 0.513. The third-order valence-electron chi connectivity index (χ3n) is 3.72. The average molecular weight is 248 g/mol. The van der Waals surface area contributed by atoms with Crippen molar-refractivity contribution in [3.63, 3.8) is 0 Å². The highest BCUT2D eigenvalue weighted by atomic mass is 15.1. The van der Waals surface area contributed by atoms with E-state index in [1.807, 2.05) is 6.07 Å². The zero-order valence-corrected chi connectivity index (χ0v) is 11.7. The predicted octanol–water partition coefficient (Wildman–Crippen LogP) is 3.29. The third-order valence-corrected chi connectivity index (χ3v) is 3.72. The molecule has 0 atom stereocenters. The molecular weight excluding hydrogens is 224 g/mol. The number of aromatic nitrogens is 2. The van der Waals surface area contributed by atoms with Crippen LogP contribution >= 0.6 is 0 Å². The van der Waals surface area contributed by atoms with Crippen molar-refractivity contribution in [3.8, 4) is 0 Å². The van der Waals surface area contributed by atoms with Crippen LogP contribution < -0.4 is 10.6 Å². The zero-order valence-electron chi connectivity index (χ0n) is 11.7. The van der Waals surface area contributed by atoms with Crippen molar-refractivity contribution in [1.82, 2.24) is 9.97 Å². The van der Waals surface area contributed by atoms with E-state index in [0.717, 1.165) is 18.2 Å². The van der Waals surface area contributed by atoms with Gasteiger partial charge in [0.25, 0.3) is 0 Å². The molecule has 2 rings (SSSR count). The van der Waals surface area contributed by atoms with Crippen LogP contribution in [0.1, 0.15) is 46.5 Å². The predicted molar refractivity (Wildman–Crippen MR) is 75.9 cm³/mol. The molecule has 100 valence electrons. The molecule has 4 nitrogen and oxygen atoms in total. The zero-order chi connectivity index (χ0) is 13.0. The van der Waals surface area contributed by atoms with Gasteiger partial charge >= 0.3 is 0 Å². The van der Waals surface area contributed by atoms with Crippen molar-refractivity contribution in [2.45, 2.75) is 52.5 Å². The van der Waals surface area contributed by atoms with E-state index in [2.05, 4.69) is 41.4 Å². The van der Waals surface area contributed by atoms with E-state index in [4.69, 9.17) is 0 Å². The van der Waals surface area contributed by atoms with E-state index >= 15 is 0 Å². The number of anilines is 2. The Bertz CT molecular complexity index is 379. The Morgan fingerprint density at radius 1 is 1.22 bits per heavy atom. The van der Waals surface area contributed by atoms with Crippen LogP contribution in [-0.4, -0.2) is 22.6 Å². The lowest BCUT2D eigenvalue weighted by molar-refractivity contribution is 0.232. The molecule has 0 spiro atoms. The van der Waals surface area contributed by atoms with Gasteiger partial charge in [0.05, 0.1) is 0 Å². The number of hydrogen-bond donors (Lipinski definition) is 2. The van der Waals surface area contributed by atoms with Gasteiger partial charge in [0.1, 0.15) is 18.0 Å². The Hall–Kier alpha value is -1.32. The summed E-state index contributed by atoms with van der Waals surface area (Å²) in [5.74, 6) is 1.83. The summed E-state index contributed by atoms with van der Waals surface area (Å²) in [4.78, 5) is 8.47. The molecule has 1 aliphatic rings. The van der Waals surface area contributed by atoms with Crippen molar-refractivity contribution in [2.24, 2.45) is 5.41 Å². The van der Waals surface area contributed by atoms with Crippen molar-refractivity contribution < 1.29 is 0 Å². The lowest BCUT2D eigenvalue weighted by atomic mass is 9.75. The van der Waals surface area contributed by atoms with Gasteiger partial charge in [0, 0.05) is 18.7 Å². The second kappa shape index (κ2) is 5.55. The molecule has 0 unspecified atom stereocenters. The van der Waals surface area contributed by atoms with E-state index in [1.165, 1.54) is 25.7 Å². The number of nitrogens with zero attached hydrogens (tertiary/aromatic N) is 2. The van der Waals surface area contributed by atoms with Crippen molar-refractivity contribution in [2.75, 3.05) is 17.2 Å². The fraction of sp³-hybridized carbons (Fsp3) is 0.714. The molecule has 1 aromatic heterocycles. The summed E-state index contributed by atoms with van der Waals surface area (Å²) in [6.45, 7) is 7.67. The van der Waals surface area contributed by atoms with Gasteiger partial charge in [-0.25, -0.2) is 9.97 Å². The lowest BCUT2D eigenvalue weighted by Crippen LogP contribution is -2.30. The summed E-state index contributed by atoms with van der Waals surface area (Å²) in [6.07, 6.45) is 6.65. The maximum absolute atomic E-state index is 4.29. The molecule has 1 heterocycles. The number of rotatable bonds is 4. The molecule has 2 N–H and O–H groups in total. The van der Waals surface area contributed by atoms with E-state index in [9.17, 15) is 0 Å². The van der Waals surface area contributed by atoms with Crippen LogP contribution in [0.25, 0.3) is 0 Å². The molecule has 0 radical (unpaired) electrons. The summed E-state index contributed by atoms with van der Waals surface area (Å²) < 4.78 is 0. The van der Waals surface area contributed by atoms with E-state index in [-0.39, 0.29) is 0 Å². The summed E-state index contributed by atoms with van der Waals surface area (Å²) >= 11 is 0. The molecule has 0 saturated heterocycles. The maximum Gasteiger partial charge on any atom is 0.131 e. The Labute approximate surface area is 110 Å². The number of hydrogen-bond acceptors (Lipinski definition) is 4. The van der Waals surface area contributed by atoms with Gasteiger partial charge in [-0.1, -0.05) is 13.8 Å². The second-order valence-corrected chi connectivity index (χ2v) is 5.90. The molecule has 0 aromatic carbocycles. The highest BCUT2D eigenvalue weighted by Gasteiger charge is 2.26. The van der Waals surface area contributed by atoms with Crippen LogP contribution in [-0.2, 0) is 0 Å². The monoisotopic (exact) mass is 248 g/mol. The average Bonchev–Trinajstić information content (AvgIpc) is 2.33. The van der Waals surface area contributed by atoms with E-state index in [1.54, 1.807) is 6.33 Å². The van der Waals surface area contributed by atoms with Crippen molar-refractivity contribution >= 4 is 11.6 Å². The first kappa shape index (κ1) is 13.1. The first-order valence-electron chi connectivity index (χ1n) is 6.91. The van der Waals surface area contributed by atoms with Crippen LogP contribution in [0, 0.1) is 5.41 Å². The normalized spacial score (nSPS) is 19.5. The molecule has 1 saturated carbocycles. The van der Waals surface area contributed by atoms with Gasteiger partial charge < -0.3 is 10.6 Å². The SMILES string of the molecule is CCNc1cc(NC2CCC(C)(C)CC2)ncn1. The minimum Gasteiger partial charge on any atom is -0.370 e. The molecule has 0 amide bonds. The van der Waals surface area contributed by atoms with Crippen molar-refractivity contribution in [3.05, 3.63) is 12.4 Å². The largest absolute Gasteiger partial charge is 0.370 e. The highest BCUT2D eigenvalue weighted by molar-refractivity contribution is 5.46. The summed E-state index contributed by atoms with van der Waals surface area (Å²) in [7, 11) is 0. The van der Waals surface area contributed by atoms with E-state index in [0.29, 0.717) is 11.5 Å². The van der Waals surface area contributed by atoms with Gasteiger partial charge in [-0.15, -0.1) is 0 Å². The molecule has 1 aliphatic carbocycles. The standard InChI is InChI=1S/C14H24N4/c1-4-15-12-9-13(17-10-16-12)18-11-5-7-14(2,3)8-6-11/h9-11H,4-8H2,1-3H3,(H2,15,16,17,18). The minimum atomic E-state index is 0.513. The summed E-state index contributed by atoms with van der Waals surface area (Å²) in [5.41, 5.74) is 0.513. The molecule has 18 heavy (non-hydrogen) atoms. The Morgan fingerprint density at radius 2 is 1.89 bits per heavy atom. The van der Waals surface area contributed by atoms with E-state index < -0.39 is 0 Å². The van der Waals surface area contributed by atoms with Gasteiger partial charge in [-0.05, 0) is 38.0 Å². The van der Waals surface area contributed by atoms with Gasteiger partial charge in [-0.3, -0.25) is 0 Å². The van der Waals surface area contributed by atoms with Gasteiger partial charge in [0.15, 0.2) is 0 Å². The molecule has 1 fully saturated rings. The van der Waals surface area contributed by atoms with Gasteiger partial charge in [0.2, 0.25) is 0 Å². The van der Waals surface area contributed by atoms with Crippen molar-refractivity contribution in [1.29, 1.82) is 0 Å². The Balaban J connectivity index is 1.91. The summed E-state index contributed by atoms with van der Waals surface area (Å²) in [6, 6.07) is 2.55. The fourth-order valence-electron chi connectivity index (χ4n) is 2.47. The van der Waals surface area contributed by atoms with Crippen LogP contribution in [0.2, 0.25) is 0 Å². The maximum atomic E-state index is 4.29. The summed E-state index contributed by atoms with van der Waals surface area (Å²) in [5, 5.41) is 6.73. The second-order valence-electron chi connectivity index (χ2n) is 5.90. The van der Waals surface area contributed by atoms with Crippen LogP contribution in [0.4, 0.5) is 11.6 Å². The molecule has 1 aromatic rings. The first-order chi connectivity index (χ1) is 8.59. The Morgan fingerprint density at radius 3 is 2.56 bits per heavy atom. The molecule has 0 bridgehead atoms. The Kier molecular flexibility index (Phi) is 4.04. The highest BCUT2D eigenvalue weighted by Crippen LogP contribution is 2.35. The fourth-order valence-corrected chi connectivity index (χ4v) is 2.47. The third kappa shape index (κ3) is 3.59. The molecular formula is C14H24N4. The quantitative estimate of drug-likeness (QED) is 0.858. The van der Waals surface area contributed by atoms with Gasteiger partial charge in [-0.2, -0.15) is 0 Å². The smallest absolute Gasteiger partial charge is 0.131 e. The molecule has 0 aliphatic heterocycles. The molecule has 4 heteroatoms. The first-order valence-corrected chi connectivity index (χ1v) is 6.91.